The first-order valence-corrected chi connectivity index (χ1v) is 10.2. The minimum Gasteiger partial charge on any atom is -0.256 e. The Labute approximate surface area is 163 Å². The first-order valence-electron chi connectivity index (χ1n) is 10.2. The SMILES string of the molecule is CC(C)(C)Cc1cc(-c2cccc3c2CCCC3)ncc1-c1ccccc1. The minimum absolute atomic E-state index is 0.234. The van der Waals surface area contributed by atoms with Gasteiger partial charge in [-0.3, -0.25) is 4.98 Å². The fourth-order valence-electron chi connectivity index (χ4n) is 4.26. The van der Waals surface area contributed by atoms with Crippen molar-refractivity contribution in [3.8, 4) is 22.4 Å². The highest BCUT2D eigenvalue weighted by molar-refractivity contribution is 5.72. The van der Waals surface area contributed by atoms with Gasteiger partial charge in [-0.05, 0) is 65.8 Å². The monoisotopic (exact) mass is 355 g/mol. The average molecular weight is 356 g/mol. The van der Waals surface area contributed by atoms with Crippen LogP contribution in [0.15, 0.2) is 60.8 Å². The van der Waals surface area contributed by atoms with Crippen molar-refractivity contribution < 1.29 is 0 Å². The van der Waals surface area contributed by atoms with Gasteiger partial charge in [-0.2, -0.15) is 0 Å². The van der Waals surface area contributed by atoms with Crippen molar-refractivity contribution in [2.45, 2.75) is 52.9 Å². The van der Waals surface area contributed by atoms with E-state index in [4.69, 9.17) is 4.98 Å². The number of rotatable bonds is 3. The van der Waals surface area contributed by atoms with Gasteiger partial charge in [0.15, 0.2) is 0 Å². The van der Waals surface area contributed by atoms with Crippen LogP contribution in [0.25, 0.3) is 22.4 Å². The van der Waals surface area contributed by atoms with E-state index in [1.54, 1.807) is 0 Å². The number of hydrogen-bond donors (Lipinski definition) is 0. The fourth-order valence-corrected chi connectivity index (χ4v) is 4.26. The van der Waals surface area contributed by atoms with E-state index in [0.717, 1.165) is 12.1 Å². The lowest BCUT2D eigenvalue weighted by atomic mass is 9.83. The second kappa shape index (κ2) is 7.31. The lowest BCUT2D eigenvalue weighted by Gasteiger charge is -2.23. The molecule has 0 unspecified atom stereocenters. The molecule has 27 heavy (non-hydrogen) atoms. The molecule has 1 aliphatic carbocycles. The van der Waals surface area contributed by atoms with E-state index in [2.05, 4.69) is 81.6 Å². The van der Waals surface area contributed by atoms with Crippen LogP contribution < -0.4 is 0 Å². The summed E-state index contributed by atoms with van der Waals surface area (Å²) >= 11 is 0. The molecular formula is C26H29N. The number of nitrogens with zero attached hydrogens (tertiary/aromatic N) is 1. The molecular weight excluding hydrogens is 326 g/mol. The van der Waals surface area contributed by atoms with Crippen molar-refractivity contribution in [1.29, 1.82) is 0 Å². The molecule has 0 spiro atoms. The van der Waals surface area contributed by atoms with Crippen LogP contribution in [0.4, 0.5) is 0 Å². The third-order valence-corrected chi connectivity index (χ3v) is 5.47. The fraction of sp³-hybridized carbons (Fsp3) is 0.346. The lowest BCUT2D eigenvalue weighted by Crippen LogP contribution is -2.11. The lowest BCUT2D eigenvalue weighted by molar-refractivity contribution is 0.411. The predicted molar refractivity (Wildman–Crippen MR) is 115 cm³/mol. The Bertz CT molecular complexity index is 932. The maximum absolute atomic E-state index is 4.92. The molecule has 1 aliphatic rings. The molecule has 2 aromatic carbocycles. The first kappa shape index (κ1) is 18.0. The van der Waals surface area contributed by atoms with Crippen LogP contribution in [0, 0.1) is 5.41 Å². The first-order chi connectivity index (χ1) is 13.0. The van der Waals surface area contributed by atoms with Crippen LogP contribution in [0.5, 0.6) is 0 Å². The van der Waals surface area contributed by atoms with E-state index in [-0.39, 0.29) is 5.41 Å². The molecule has 0 saturated heterocycles. The zero-order valence-electron chi connectivity index (χ0n) is 16.8. The summed E-state index contributed by atoms with van der Waals surface area (Å²) in [5, 5.41) is 0. The minimum atomic E-state index is 0.234. The van der Waals surface area contributed by atoms with Crippen molar-refractivity contribution in [2.24, 2.45) is 5.41 Å². The molecule has 0 bridgehead atoms. The average Bonchev–Trinajstić information content (AvgIpc) is 2.67. The summed E-state index contributed by atoms with van der Waals surface area (Å²) in [5.41, 5.74) is 9.65. The van der Waals surface area contributed by atoms with Gasteiger partial charge in [0.1, 0.15) is 0 Å². The number of aromatic nitrogens is 1. The molecule has 1 nitrogen and oxygen atoms in total. The highest BCUT2D eigenvalue weighted by Crippen LogP contribution is 2.35. The van der Waals surface area contributed by atoms with Crippen molar-refractivity contribution >= 4 is 0 Å². The summed E-state index contributed by atoms with van der Waals surface area (Å²) in [6, 6.07) is 19.8. The van der Waals surface area contributed by atoms with Crippen LogP contribution in [0.2, 0.25) is 0 Å². The topological polar surface area (TPSA) is 12.9 Å². The summed E-state index contributed by atoms with van der Waals surface area (Å²) in [5.74, 6) is 0. The molecule has 0 amide bonds. The molecule has 0 saturated carbocycles. The highest BCUT2D eigenvalue weighted by atomic mass is 14.7. The third kappa shape index (κ3) is 3.98. The zero-order chi connectivity index (χ0) is 18.9. The quantitative estimate of drug-likeness (QED) is 0.499. The van der Waals surface area contributed by atoms with Crippen molar-refractivity contribution in [3.05, 3.63) is 77.5 Å². The molecule has 0 fully saturated rings. The van der Waals surface area contributed by atoms with Crippen LogP contribution in [0.1, 0.15) is 50.3 Å². The number of aryl methyl sites for hydroxylation is 1. The number of fused-ring (bicyclic) bond motifs is 1. The summed E-state index contributed by atoms with van der Waals surface area (Å²) < 4.78 is 0. The summed E-state index contributed by atoms with van der Waals surface area (Å²) in [6.07, 6.45) is 8.13. The third-order valence-electron chi connectivity index (χ3n) is 5.47. The zero-order valence-corrected chi connectivity index (χ0v) is 16.8. The van der Waals surface area contributed by atoms with E-state index in [1.807, 2.05) is 0 Å². The molecule has 0 atom stereocenters. The van der Waals surface area contributed by atoms with Crippen molar-refractivity contribution in [1.82, 2.24) is 4.98 Å². The Balaban J connectivity index is 1.83. The molecule has 3 aromatic rings. The van der Waals surface area contributed by atoms with Crippen molar-refractivity contribution in [2.75, 3.05) is 0 Å². The highest BCUT2D eigenvalue weighted by Gasteiger charge is 2.19. The van der Waals surface area contributed by atoms with Gasteiger partial charge >= 0.3 is 0 Å². The van der Waals surface area contributed by atoms with Crippen LogP contribution in [0.3, 0.4) is 0 Å². The maximum Gasteiger partial charge on any atom is 0.0708 e. The van der Waals surface area contributed by atoms with Crippen LogP contribution >= 0.6 is 0 Å². The Hall–Kier alpha value is -2.41. The largest absolute Gasteiger partial charge is 0.256 e. The molecule has 0 N–H and O–H groups in total. The maximum atomic E-state index is 4.92. The molecule has 0 radical (unpaired) electrons. The Morgan fingerprint density at radius 2 is 1.63 bits per heavy atom. The second-order valence-corrected chi connectivity index (χ2v) is 8.98. The van der Waals surface area contributed by atoms with E-state index >= 15 is 0 Å². The normalized spacial score (nSPS) is 14.0. The van der Waals surface area contributed by atoms with Crippen molar-refractivity contribution in [3.63, 3.8) is 0 Å². The molecule has 1 heteroatoms. The number of pyridine rings is 1. The Morgan fingerprint density at radius 1 is 0.852 bits per heavy atom. The van der Waals surface area contributed by atoms with Crippen LogP contribution in [-0.2, 0) is 19.3 Å². The van der Waals surface area contributed by atoms with E-state index in [0.29, 0.717) is 0 Å². The predicted octanol–water partition coefficient (Wildman–Crippen LogP) is 6.88. The van der Waals surface area contributed by atoms with Gasteiger partial charge in [-0.1, -0.05) is 69.3 Å². The van der Waals surface area contributed by atoms with E-state index < -0.39 is 0 Å². The molecule has 4 rings (SSSR count). The van der Waals surface area contributed by atoms with Gasteiger partial charge in [0.2, 0.25) is 0 Å². The standard InChI is InChI=1S/C26H29N/c1-26(2,3)17-21-16-25(27-18-24(21)20-10-5-4-6-11-20)23-15-9-13-19-12-7-8-14-22(19)23/h4-6,9-11,13,15-16,18H,7-8,12,14,17H2,1-3H3. The smallest absolute Gasteiger partial charge is 0.0708 e. The summed E-state index contributed by atoms with van der Waals surface area (Å²) in [4.78, 5) is 4.92. The number of benzene rings is 2. The Kier molecular flexibility index (Phi) is 4.86. The Morgan fingerprint density at radius 3 is 2.41 bits per heavy atom. The van der Waals surface area contributed by atoms with E-state index in [1.165, 1.54) is 59.1 Å². The molecule has 1 heterocycles. The van der Waals surface area contributed by atoms with Gasteiger partial charge in [0.05, 0.1) is 5.69 Å². The van der Waals surface area contributed by atoms with Gasteiger partial charge in [0, 0.05) is 17.3 Å². The summed E-state index contributed by atoms with van der Waals surface area (Å²) in [6.45, 7) is 6.94. The summed E-state index contributed by atoms with van der Waals surface area (Å²) in [7, 11) is 0. The molecule has 138 valence electrons. The molecule has 0 aliphatic heterocycles. The molecule has 1 aromatic heterocycles. The van der Waals surface area contributed by atoms with Gasteiger partial charge in [0.25, 0.3) is 0 Å². The second-order valence-electron chi connectivity index (χ2n) is 8.98. The number of hydrogen-bond acceptors (Lipinski definition) is 1. The van der Waals surface area contributed by atoms with Crippen LogP contribution in [-0.4, -0.2) is 4.98 Å². The van der Waals surface area contributed by atoms with Gasteiger partial charge in [-0.25, -0.2) is 0 Å². The van der Waals surface area contributed by atoms with Gasteiger partial charge in [-0.15, -0.1) is 0 Å². The van der Waals surface area contributed by atoms with Gasteiger partial charge < -0.3 is 0 Å². The van der Waals surface area contributed by atoms with E-state index in [9.17, 15) is 0 Å².